The first-order valence-electron chi connectivity index (χ1n) is 6.60. The molecular formula is C16H22OS. The van der Waals surface area contributed by atoms with Crippen molar-refractivity contribution in [3.05, 3.63) is 42.5 Å². The van der Waals surface area contributed by atoms with Crippen LogP contribution in [-0.4, -0.2) is 11.5 Å². The molecule has 0 amide bonds. The van der Waals surface area contributed by atoms with Gasteiger partial charge < -0.3 is 4.74 Å². The van der Waals surface area contributed by atoms with Gasteiger partial charge in [0, 0.05) is 4.90 Å². The average molecular weight is 262 g/mol. The van der Waals surface area contributed by atoms with Crippen molar-refractivity contribution in [2.75, 3.05) is 0 Å². The van der Waals surface area contributed by atoms with E-state index in [0.717, 1.165) is 5.57 Å². The van der Waals surface area contributed by atoms with E-state index in [0.29, 0.717) is 11.8 Å². The molecule has 4 atom stereocenters. The number of benzene rings is 1. The van der Waals surface area contributed by atoms with Crippen molar-refractivity contribution in [3.63, 3.8) is 0 Å². The molecule has 1 aromatic rings. The SMILES string of the molecule is C=C(C)[C@H]1O[C@@H](Sc2ccccc2)[C@H](C)C[C@@H]1C. The van der Waals surface area contributed by atoms with E-state index in [2.05, 4.69) is 51.6 Å². The van der Waals surface area contributed by atoms with E-state index in [1.807, 2.05) is 17.8 Å². The Morgan fingerprint density at radius 2 is 1.89 bits per heavy atom. The van der Waals surface area contributed by atoms with E-state index >= 15 is 0 Å². The van der Waals surface area contributed by atoms with E-state index in [1.54, 1.807) is 0 Å². The summed E-state index contributed by atoms with van der Waals surface area (Å²) in [5.74, 6) is 1.16. The van der Waals surface area contributed by atoms with Crippen LogP contribution in [0.15, 0.2) is 47.4 Å². The van der Waals surface area contributed by atoms with Gasteiger partial charge in [-0.15, -0.1) is 0 Å². The number of thioether (sulfide) groups is 1. The molecule has 0 unspecified atom stereocenters. The second-order valence-corrected chi connectivity index (χ2v) is 6.56. The largest absolute Gasteiger partial charge is 0.359 e. The van der Waals surface area contributed by atoms with Gasteiger partial charge in [-0.1, -0.05) is 56.0 Å². The maximum Gasteiger partial charge on any atom is 0.111 e. The van der Waals surface area contributed by atoms with Crippen molar-refractivity contribution in [2.45, 2.75) is 43.6 Å². The van der Waals surface area contributed by atoms with Gasteiger partial charge in [-0.2, -0.15) is 0 Å². The first-order valence-corrected chi connectivity index (χ1v) is 7.48. The third kappa shape index (κ3) is 3.18. The van der Waals surface area contributed by atoms with Gasteiger partial charge in [0.05, 0.1) is 6.10 Å². The first-order chi connectivity index (χ1) is 8.58. The molecule has 1 saturated heterocycles. The monoisotopic (exact) mass is 262 g/mol. The normalized spacial score (nSPS) is 32.2. The summed E-state index contributed by atoms with van der Waals surface area (Å²) in [6.45, 7) is 10.7. The summed E-state index contributed by atoms with van der Waals surface area (Å²) in [5.41, 5.74) is 1.39. The molecule has 1 aromatic carbocycles. The topological polar surface area (TPSA) is 9.23 Å². The number of ether oxygens (including phenoxy) is 1. The van der Waals surface area contributed by atoms with Crippen LogP contribution in [0.1, 0.15) is 27.2 Å². The average Bonchev–Trinajstić information content (AvgIpc) is 2.33. The standard InChI is InChI=1S/C16H22OS/c1-11(2)15-12(3)10-13(4)16(17-15)18-14-8-6-5-7-9-14/h5-9,12-13,15-16H,1,10H2,2-4H3/t12-,13+,15+,16-/m0/s1. The molecule has 18 heavy (non-hydrogen) atoms. The summed E-state index contributed by atoms with van der Waals surface area (Å²) < 4.78 is 6.24. The summed E-state index contributed by atoms with van der Waals surface area (Å²) in [5, 5.41) is 0. The summed E-state index contributed by atoms with van der Waals surface area (Å²) in [6.07, 6.45) is 1.42. The third-order valence-corrected chi connectivity index (χ3v) is 4.84. The van der Waals surface area contributed by atoms with Gasteiger partial charge in [0.15, 0.2) is 0 Å². The van der Waals surface area contributed by atoms with Crippen molar-refractivity contribution in [1.29, 1.82) is 0 Å². The summed E-state index contributed by atoms with van der Waals surface area (Å²) in [7, 11) is 0. The first kappa shape index (κ1) is 13.7. The van der Waals surface area contributed by atoms with E-state index in [9.17, 15) is 0 Å². The van der Waals surface area contributed by atoms with Crippen LogP contribution in [0, 0.1) is 11.8 Å². The molecule has 0 spiro atoms. The van der Waals surface area contributed by atoms with Crippen LogP contribution >= 0.6 is 11.8 Å². The molecule has 1 aliphatic heterocycles. The number of rotatable bonds is 3. The molecule has 2 heteroatoms. The summed E-state index contributed by atoms with van der Waals surface area (Å²) in [4.78, 5) is 1.28. The highest BCUT2D eigenvalue weighted by atomic mass is 32.2. The minimum atomic E-state index is 0.211. The van der Waals surface area contributed by atoms with Gasteiger partial charge in [-0.05, 0) is 37.3 Å². The van der Waals surface area contributed by atoms with Gasteiger partial charge >= 0.3 is 0 Å². The van der Waals surface area contributed by atoms with E-state index in [1.165, 1.54) is 11.3 Å². The summed E-state index contributed by atoms with van der Waals surface area (Å²) >= 11 is 1.83. The lowest BCUT2D eigenvalue weighted by molar-refractivity contribution is -0.0445. The lowest BCUT2D eigenvalue weighted by atomic mass is 9.87. The molecule has 0 aliphatic carbocycles. The van der Waals surface area contributed by atoms with Crippen LogP contribution in [0.4, 0.5) is 0 Å². The quantitative estimate of drug-likeness (QED) is 0.727. The predicted molar refractivity (Wildman–Crippen MR) is 78.7 cm³/mol. The smallest absolute Gasteiger partial charge is 0.111 e. The Morgan fingerprint density at radius 3 is 2.50 bits per heavy atom. The van der Waals surface area contributed by atoms with Crippen molar-refractivity contribution >= 4 is 11.8 Å². The molecule has 98 valence electrons. The second-order valence-electron chi connectivity index (χ2n) is 5.39. The van der Waals surface area contributed by atoms with Gasteiger partial charge in [0.25, 0.3) is 0 Å². The molecule has 0 bridgehead atoms. The Morgan fingerprint density at radius 1 is 1.22 bits per heavy atom. The Balaban J connectivity index is 2.06. The Labute approximate surface area is 115 Å². The molecule has 0 N–H and O–H groups in total. The molecule has 1 fully saturated rings. The maximum atomic E-state index is 6.24. The van der Waals surface area contributed by atoms with Crippen LogP contribution in [0.25, 0.3) is 0 Å². The molecular weight excluding hydrogens is 240 g/mol. The summed E-state index contributed by atoms with van der Waals surface area (Å²) in [6, 6.07) is 10.5. The van der Waals surface area contributed by atoms with Crippen molar-refractivity contribution in [3.8, 4) is 0 Å². The minimum Gasteiger partial charge on any atom is -0.359 e. The highest BCUT2D eigenvalue weighted by molar-refractivity contribution is 7.99. The molecule has 2 rings (SSSR count). The minimum absolute atomic E-state index is 0.211. The molecule has 1 nitrogen and oxygen atoms in total. The van der Waals surface area contributed by atoms with Gasteiger partial charge in [-0.3, -0.25) is 0 Å². The van der Waals surface area contributed by atoms with E-state index < -0.39 is 0 Å². The van der Waals surface area contributed by atoms with Crippen LogP contribution < -0.4 is 0 Å². The fourth-order valence-electron chi connectivity index (χ4n) is 2.61. The Kier molecular flexibility index (Phi) is 4.52. The fourth-order valence-corrected chi connectivity index (χ4v) is 3.71. The van der Waals surface area contributed by atoms with Crippen molar-refractivity contribution in [1.82, 2.24) is 0 Å². The zero-order valence-electron chi connectivity index (χ0n) is 11.4. The molecule has 0 radical (unpaired) electrons. The van der Waals surface area contributed by atoms with Crippen molar-refractivity contribution in [2.24, 2.45) is 11.8 Å². The van der Waals surface area contributed by atoms with Gasteiger partial charge in [0.2, 0.25) is 0 Å². The highest BCUT2D eigenvalue weighted by Crippen LogP contribution is 2.39. The second kappa shape index (κ2) is 5.94. The van der Waals surface area contributed by atoms with Gasteiger partial charge in [-0.25, -0.2) is 0 Å². The van der Waals surface area contributed by atoms with Crippen LogP contribution in [0.5, 0.6) is 0 Å². The van der Waals surface area contributed by atoms with Crippen LogP contribution in [0.2, 0.25) is 0 Å². The highest BCUT2D eigenvalue weighted by Gasteiger charge is 2.34. The van der Waals surface area contributed by atoms with Crippen LogP contribution in [-0.2, 0) is 4.74 Å². The van der Waals surface area contributed by atoms with Gasteiger partial charge in [0.1, 0.15) is 5.44 Å². The zero-order valence-corrected chi connectivity index (χ0v) is 12.2. The van der Waals surface area contributed by atoms with Crippen LogP contribution in [0.3, 0.4) is 0 Å². The lowest BCUT2D eigenvalue weighted by Gasteiger charge is -2.39. The molecule has 0 aromatic heterocycles. The molecule has 1 heterocycles. The fraction of sp³-hybridized carbons (Fsp3) is 0.500. The van der Waals surface area contributed by atoms with E-state index in [4.69, 9.17) is 4.74 Å². The Hall–Kier alpha value is -0.730. The number of hydrogen-bond donors (Lipinski definition) is 0. The predicted octanol–water partition coefficient (Wildman–Crippen LogP) is 4.74. The molecule has 1 aliphatic rings. The third-order valence-electron chi connectivity index (χ3n) is 3.49. The Bertz CT molecular complexity index is 401. The van der Waals surface area contributed by atoms with Crippen molar-refractivity contribution < 1.29 is 4.74 Å². The number of hydrogen-bond acceptors (Lipinski definition) is 2. The van der Waals surface area contributed by atoms with E-state index in [-0.39, 0.29) is 11.5 Å². The maximum absolute atomic E-state index is 6.24. The molecule has 0 saturated carbocycles. The zero-order chi connectivity index (χ0) is 13.1. The lowest BCUT2D eigenvalue weighted by Crippen LogP contribution is -2.37.